The van der Waals surface area contributed by atoms with E-state index in [0.29, 0.717) is 24.7 Å². The van der Waals surface area contributed by atoms with Gasteiger partial charge in [0.1, 0.15) is 18.2 Å². The van der Waals surface area contributed by atoms with E-state index in [0.717, 1.165) is 19.3 Å². The van der Waals surface area contributed by atoms with Gasteiger partial charge in [-0.1, -0.05) is 16.8 Å². The third-order valence-electron chi connectivity index (χ3n) is 4.29. The number of hydrogen-bond donors (Lipinski definition) is 0. The van der Waals surface area contributed by atoms with E-state index in [1.807, 2.05) is 0 Å². The minimum absolute atomic E-state index is 0.0349. The summed E-state index contributed by atoms with van der Waals surface area (Å²) in [5.74, 6) is 0.0891. The summed E-state index contributed by atoms with van der Waals surface area (Å²) in [5.41, 5.74) is 0.233. The normalized spacial score (nSPS) is 17.3. The van der Waals surface area contributed by atoms with Crippen LogP contribution >= 0.6 is 11.6 Å². The van der Waals surface area contributed by atoms with E-state index in [1.54, 1.807) is 18.1 Å². The third-order valence-corrected chi connectivity index (χ3v) is 4.58. The molecule has 0 aliphatic carbocycles. The zero-order valence-corrected chi connectivity index (χ0v) is 15.2. The second-order valence-electron chi connectivity index (χ2n) is 6.15. The molecule has 1 atom stereocenters. The third kappa shape index (κ3) is 4.34. The molecule has 0 radical (unpaired) electrons. The van der Waals surface area contributed by atoms with Crippen LogP contribution in [-0.4, -0.2) is 42.3 Å². The molecule has 2 heterocycles. The van der Waals surface area contributed by atoms with Crippen molar-refractivity contribution >= 4 is 17.5 Å². The lowest BCUT2D eigenvalue weighted by atomic mass is 10.0. The van der Waals surface area contributed by atoms with Crippen molar-refractivity contribution in [1.29, 1.82) is 0 Å². The number of benzene rings is 1. The predicted octanol–water partition coefficient (Wildman–Crippen LogP) is 3.69. The molecule has 1 fully saturated rings. The maximum Gasteiger partial charge on any atom is 0.276 e. The van der Waals surface area contributed by atoms with Crippen molar-refractivity contribution in [2.45, 2.75) is 31.9 Å². The minimum atomic E-state index is -0.443. The summed E-state index contributed by atoms with van der Waals surface area (Å²) < 4.78 is 28.9. The van der Waals surface area contributed by atoms with Crippen molar-refractivity contribution < 1.29 is 23.2 Å². The maximum atomic E-state index is 13.0. The molecule has 0 spiro atoms. The maximum absolute atomic E-state index is 13.0. The smallest absolute Gasteiger partial charge is 0.276 e. The molecule has 0 bridgehead atoms. The minimum Gasteiger partial charge on any atom is -0.484 e. The van der Waals surface area contributed by atoms with Gasteiger partial charge in [0.15, 0.2) is 11.5 Å². The fourth-order valence-electron chi connectivity index (χ4n) is 3.00. The summed E-state index contributed by atoms with van der Waals surface area (Å²) in [5, 5.41) is 4.02. The Labute approximate surface area is 155 Å². The number of halogens is 2. The van der Waals surface area contributed by atoms with Crippen molar-refractivity contribution in [1.82, 2.24) is 10.1 Å². The summed E-state index contributed by atoms with van der Waals surface area (Å²) >= 11 is 5.91. The summed E-state index contributed by atoms with van der Waals surface area (Å²) in [7, 11) is 1.63. The number of hydrogen-bond acceptors (Lipinski definition) is 5. The Morgan fingerprint density at radius 3 is 3.04 bits per heavy atom. The van der Waals surface area contributed by atoms with Gasteiger partial charge in [-0.25, -0.2) is 4.39 Å². The van der Waals surface area contributed by atoms with Crippen LogP contribution in [0.4, 0.5) is 4.39 Å². The molecule has 0 unspecified atom stereocenters. The summed E-state index contributed by atoms with van der Waals surface area (Å²) in [6.45, 7) is 1.21. The van der Waals surface area contributed by atoms with Crippen molar-refractivity contribution in [3.05, 3.63) is 46.6 Å². The Morgan fingerprint density at radius 2 is 2.27 bits per heavy atom. The van der Waals surface area contributed by atoms with E-state index in [-0.39, 0.29) is 29.3 Å². The van der Waals surface area contributed by atoms with Gasteiger partial charge < -0.3 is 18.9 Å². The topological polar surface area (TPSA) is 64.8 Å². The van der Waals surface area contributed by atoms with Gasteiger partial charge in [-0.3, -0.25) is 4.79 Å². The first kappa shape index (κ1) is 18.7. The molecule has 8 heteroatoms. The van der Waals surface area contributed by atoms with Gasteiger partial charge in [0.05, 0.1) is 17.7 Å². The summed E-state index contributed by atoms with van der Waals surface area (Å²) in [6, 6.07) is 5.46. The highest BCUT2D eigenvalue weighted by Crippen LogP contribution is 2.26. The Balaban J connectivity index is 1.64. The molecule has 0 saturated carbocycles. The molecule has 3 rings (SSSR count). The predicted molar refractivity (Wildman–Crippen MR) is 92.8 cm³/mol. The number of carbonyl (C=O) groups is 1. The Hall–Kier alpha value is -2.12. The highest BCUT2D eigenvalue weighted by molar-refractivity contribution is 6.32. The van der Waals surface area contributed by atoms with Crippen LogP contribution in [0.5, 0.6) is 5.75 Å². The monoisotopic (exact) mass is 382 g/mol. The van der Waals surface area contributed by atoms with E-state index in [4.69, 9.17) is 25.6 Å². The SMILES string of the molecule is COC[C@H]1CCCCN1C(=O)c1cc(COc2ccc(F)cc2Cl)on1. The molecule has 6 nitrogen and oxygen atoms in total. The molecule has 26 heavy (non-hydrogen) atoms. The average molecular weight is 383 g/mol. The Kier molecular flexibility index (Phi) is 6.11. The van der Waals surface area contributed by atoms with Crippen molar-refractivity contribution in [2.24, 2.45) is 0 Å². The number of likely N-dealkylation sites (tertiary alicyclic amines) is 1. The van der Waals surface area contributed by atoms with Crippen LogP contribution in [0.2, 0.25) is 5.02 Å². The molecule has 1 aromatic carbocycles. The van der Waals surface area contributed by atoms with Crippen LogP contribution in [0, 0.1) is 5.82 Å². The molecule has 2 aromatic rings. The first-order valence-corrected chi connectivity index (χ1v) is 8.79. The first-order chi connectivity index (χ1) is 12.6. The second-order valence-corrected chi connectivity index (χ2v) is 6.55. The number of carbonyl (C=O) groups excluding carboxylic acids is 1. The molecular weight excluding hydrogens is 363 g/mol. The molecule has 1 amide bonds. The lowest BCUT2D eigenvalue weighted by molar-refractivity contribution is 0.0419. The number of aromatic nitrogens is 1. The lowest BCUT2D eigenvalue weighted by Gasteiger charge is -2.34. The quantitative estimate of drug-likeness (QED) is 0.762. The molecular formula is C18H20ClFN2O4. The molecule has 1 aliphatic rings. The number of piperidine rings is 1. The van der Waals surface area contributed by atoms with E-state index in [2.05, 4.69) is 5.16 Å². The van der Waals surface area contributed by atoms with E-state index >= 15 is 0 Å². The van der Waals surface area contributed by atoms with Gasteiger partial charge in [-0.2, -0.15) is 0 Å². The van der Waals surface area contributed by atoms with E-state index in [1.165, 1.54) is 18.2 Å². The number of ether oxygens (including phenoxy) is 2. The molecule has 0 N–H and O–H groups in total. The average Bonchev–Trinajstić information content (AvgIpc) is 3.10. The van der Waals surface area contributed by atoms with Crippen LogP contribution in [0.25, 0.3) is 0 Å². The summed E-state index contributed by atoms with van der Waals surface area (Å²) in [6.07, 6.45) is 2.95. The zero-order chi connectivity index (χ0) is 18.5. The number of methoxy groups -OCH3 is 1. The van der Waals surface area contributed by atoms with Gasteiger partial charge >= 0.3 is 0 Å². The highest BCUT2D eigenvalue weighted by Gasteiger charge is 2.29. The van der Waals surface area contributed by atoms with Crippen LogP contribution in [0.15, 0.2) is 28.8 Å². The van der Waals surface area contributed by atoms with E-state index < -0.39 is 5.82 Å². The first-order valence-electron chi connectivity index (χ1n) is 8.42. The fourth-order valence-corrected chi connectivity index (χ4v) is 3.23. The molecule has 1 aromatic heterocycles. The number of nitrogens with zero attached hydrogens (tertiary/aromatic N) is 2. The number of amides is 1. The largest absolute Gasteiger partial charge is 0.484 e. The highest BCUT2D eigenvalue weighted by atomic mass is 35.5. The lowest BCUT2D eigenvalue weighted by Crippen LogP contribution is -2.46. The van der Waals surface area contributed by atoms with Crippen molar-refractivity contribution in [3.63, 3.8) is 0 Å². The second kappa shape index (κ2) is 8.51. The van der Waals surface area contributed by atoms with Gasteiger partial charge in [0.2, 0.25) is 0 Å². The zero-order valence-electron chi connectivity index (χ0n) is 14.4. The van der Waals surface area contributed by atoms with E-state index in [9.17, 15) is 9.18 Å². The Morgan fingerprint density at radius 1 is 1.42 bits per heavy atom. The van der Waals surface area contributed by atoms with Crippen molar-refractivity contribution in [3.8, 4) is 5.75 Å². The van der Waals surface area contributed by atoms with Crippen molar-refractivity contribution in [2.75, 3.05) is 20.3 Å². The van der Waals surface area contributed by atoms with Gasteiger partial charge in [-0.15, -0.1) is 0 Å². The summed E-state index contributed by atoms with van der Waals surface area (Å²) in [4.78, 5) is 14.5. The molecule has 1 aliphatic heterocycles. The fraction of sp³-hybridized carbons (Fsp3) is 0.444. The van der Waals surface area contributed by atoms with Crippen LogP contribution in [0.3, 0.4) is 0 Å². The molecule has 1 saturated heterocycles. The standard InChI is InChI=1S/C18H20ClFN2O4/c1-24-10-13-4-2-3-7-22(13)18(23)16-9-14(26-21-16)11-25-17-6-5-12(20)8-15(17)19/h5-6,8-9,13H,2-4,7,10-11H2,1H3/t13-/m1/s1. The van der Waals surface area contributed by atoms with Gasteiger partial charge in [-0.05, 0) is 37.5 Å². The van der Waals surface area contributed by atoms with Crippen LogP contribution < -0.4 is 4.74 Å². The van der Waals surface area contributed by atoms with Crippen LogP contribution in [0.1, 0.15) is 35.5 Å². The van der Waals surface area contributed by atoms with Crippen LogP contribution in [-0.2, 0) is 11.3 Å². The van der Waals surface area contributed by atoms with Gasteiger partial charge in [0, 0.05) is 19.7 Å². The molecule has 140 valence electrons. The Bertz CT molecular complexity index is 765. The van der Waals surface area contributed by atoms with Gasteiger partial charge in [0.25, 0.3) is 5.91 Å². The number of rotatable bonds is 6.